The number of aryl methyl sites for hydroxylation is 1. The van der Waals surface area contributed by atoms with Gasteiger partial charge < -0.3 is 9.88 Å². The van der Waals surface area contributed by atoms with Crippen LogP contribution in [-0.4, -0.2) is 22.0 Å². The predicted octanol–water partition coefficient (Wildman–Crippen LogP) is 5.13. The van der Waals surface area contributed by atoms with Crippen molar-refractivity contribution in [1.29, 1.82) is 0 Å². The third kappa shape index (κ3) is 4.57. The second kappa shape index (κ2) is 8.62. The fraction of sp³-hybridized carbons (Fsp3) is 0.167. The summed E-state index contributed by atoms with van der Waals surface area (Å²) >= 11 is 3.41. The van der Waals surface area contributed by atoms with E-state index in [4.69, 9.17) is 4.98 Å². The van der Waals surface area contributed by atoms with E-state index in [0.29, 0.717) is 18.5 Å². The Morgan fingerprint density at radius 3 is 2.62 bits per heavy atom. The number of amides is 1. The van der Waals surface area contributed by atoms with Gasteiger partial charge in [-0.15, -0.1) is 0 Å². The van der Waals surface area contributed by atoms with Crippen molar-refractivity contribution in [1.82, 2.24) is 14.9 Å². The minimum Gasteiger partial charge on any atom is -0.352 e. The maximum absolute atomic E-state index is 12.4. The van der Waals surface area contributed by atoms with E-state index in [1.54, 1.807) is 0 Å². The van der Waals surface area contributed by atoms with Gasteiger partial charge in [0.15, 0.2) is 0 Å². The molecule has 0 radical (unpaired) electrons. The number of para-hydroxylation sites is 2. The van der Waals surface area contributed by atoms with Gasteiger partial charge in [0, 0.05) is 29.5 Å². The predicted molar refractivity (Wildman–Crippen MR) is 120 cm³/mol. The Morgan fingerprint density at radius 2 is 1.83 bits per heavy atom. The average Bonchev–Trinajstić information content (AvgIpc) is 3.07. The van der Waals surface area contributed by atoms with E-state index in [2.05, 4.69) is 63.1 Å². The maximum atomic E-state index is 12.4. The Labute approximate surface area is 178 Å². The largest absolute Gasteiger partial charge is 0.352 e. The van der Waals surface area contributed by atoms with Gasteiger partial charge >= 0.3 is 0 Å². The van der Waals surface area contributed by atoms with Gasteiger partial charge in [0.2, 0.25) is 0 Å². The fourth-order valence-corrected chi connectivity index (χ4v) is 3.79. The third-order valence-corrected chi connectivity index (χ3v) is 5.41. The van der Waals surface area contributed by atoms with Gasteiger partial charge in [-0.3, -0.25) is 4.79 Å². The summed E-state index contributed by atoms with van der Waals surface area (Å²) in [5, 5.41) is 3.00. The van der Waals surface area contributed by atoms with Crippen LogP contribution in [0.4, 0.5) is 0 Å². The number of rotatable bonds is 6. The topological polar surface area (TPSA) is 46.9 Å². The van der Waals surface area contributed by atoms with E-state index in [1.807, 2.05) is 42.5 Å². The number of carbonyl (C=O) groups excluding carboxylic acids is 1. The van der Waals surface area contributed by atoms with E-state index in [1.165, 1.54) is 11.1 Å². The summed E-state index contributed by atoms with van der Waals surface area (Å²) in [6, 6.07) is 24.1. The van der Waals surface area contributed by atoms with Crippen LogP contribution in [0.1, 0.15) is 27.3 Å². The molecule has 3 aromatic carbocycles. The molecule has 0 fully saturated rings. The molecule has 0 unspecified atom stereocenters. The van der Waals surface area contributed by atoms with Crippen LogP contribution in [0.3, 0.4) is 0 Å². The molecule has 0 aliphatic heterocycles. The molecule has 146 valence electrons. The summed E-state index contributed by atoms with van der Waals surface area (Å²) in [7, 11) is 0. The second-order valence-electron chi connectivity index (χ2n) is 7.10. The highest BCUT2D eigenvalue weighted by molar-refractivity contribution is 9.10. The highest BCUT2D eigenvalue weighted by Gasteiger charge is 2.12. The van der Waals surface area contributed by atoms with Gasteiger partial charge in [-0.25, -0.2) is 4.98 Å². The van der Waals surface area contributed by atoms with Gasteiger partial charge in [-0.1, -0.05) is 64.0 Å². The first-order valence-electron chi connectivity index (χ1n) is 9.63. The minimum atomic E-state index is -0.0764. The summed E-state index contributed by atoms with van der Waals surface area (Å²) in [4.78, 5) is 17.2. The molecule has 0 aliphatic carbocycles. The molecule has 0 saturated heterocycles. The number of imidazole rings is 1. The van der Waals surface area contributed by atoms with Crippen LogP contribution in [-0.2, 0) is 13.0 Å². The highest BCUT2D eigenvalue weighted by atomic mass is 79.9. The zero-order valence-corrected chi connectivity index (χ0v) is 17.8. The van der Waals surface area contributed by atoms with Crippen molar-refractivity contribution in [2.75, 3.05) is 6.54 Å². The highest BCUT2D eigenvalue weighted by Crippen LogP contribution is 2.19. The van der Waals surface area contributed by atoms with E-state index < -0.39 is 0 Å². The zero-order valence-electron chi connectivity index (χ0n) is 16.2. The SMILES string of the molecule is Cc1ccc(Cn2c(CCNC(=O)c3cccc(Br)c3)nc3ccccc32)cc1. The number of benzene rings is 3. The van der Waals surface area contributed by atoms with Gasteiger partial charge in [0.05, 0.1) is 11.0 Å². The van der Waals surface area contributed by atoms with Crippen LogP contribution < -0.4 is 5.32 Å². The van der Waals surface area contributed by atoms with Crippen molar-refractivity contribution in [2.45, 2.75) is 19.9 Å². The second-order valence-corrected chi connectivity index (χ2v) is 8.02. The number of aromatic nitrogens is 2. The molecule has 4 rings (SSSR count). The molecular weight excluding hydrogens is 426 g/mol. The van der Waals surface area contributed by atoms with Crippen LogP contribution in [0, 0.1) is 6.92 Å². The minimum absolute atomic E-state index is 0.0764. The molecule has 1 amide bonds. The summed E-state index contributed by atoms with van der Waals surface area (Å²) in [6.07, 6.45) is 0.667. The Morgan fingerprint density at radius 1 is 1.03 bits per heavy atom. The molecule has 1 N–H and O–H groups in total. The van der Waals surface area contributed by atoms with Gasteiger partial charge in [0.25, 0.3) is 5.91 Å². The number of hydrogen-bond donors (Lipinski definition) is 1. The molecule has 4 aromatic rings. The molecule has 0 spiro atoms. The first-order valence-corrected chi connectivity index (χ1v) is 10.4. The molecule has 0 aliphatic rings. The fourth-order valence-electron chi connectivity index (χ4n) is 3.39. The van der Waals surface area contributed by atoms with Gasteiger partial charge in [-0.05, 0) is 42.8 Å². The van der Waals surface area contributed by atoms with Crippen LogP contribution in [0.25, 0.3) is 11.0 Å². The Kier molecular flexibility index (Phi) is 5.76. The summed E-state index contributed by atoms with van der Waals surface area (Å²) in [5.41, 5.74) is 5.22. The first-order chi connectivity index (χ1) is 14.1. The van der Waals surface area contributed by atoms with E-state index in [-0.39, 0.29) is 5.91 Å². The molecule has 5 heteroatoms. The lowest BCUT2D eigenvalue weighted by Gasteiger charge is -2.11. The number of carbonyl (C=O) groups is 1. The van der Waals surface area contributed by atoms with Crippen LogP contribution in [0.2, 0.25) is 0 Å². The average molecular weight is 448 g/mol. The normalized spacial score (nSPS) is 11.0. The van der Waals surface area contributed by atoms with Crippen molar-refractivity contribution >= 4 is 32.9 Å². The summed E-state index contributed by atoms with van der Waals surface area (Å²) in [6.45, 7) is 3.38. The monoisotopic (exact) mass is 447 g/mol. The Bertz CT molecular complexity index is 1150. The van der Waals surface area contributed by atoms with E-state index in [9.17, 15) is 4.79 Å². The first kappa shape index (κ1) is 19.4. The van der Waals surface area contributed by atoms with Crippen molar-refractivity contribution in [3.8, 4) is 0 Å². The number of fused-ring (bicyclic) bond motifs is 1. The van der Waals surface area contributed by atoms with Crippen molar-refractivity contribution in [2.24, 2.45) is 0 Å². The molecule has 0 bridgehead atoms. The molecule has 0 saturated carbocycles. The quantitative estimate of drug-likeness (QED) is 0.445. The number of hydrogen-bond acceptors (Lipinski definition) is 2. The van der Waals surface area contributed by atoms with Crippen molar-refractivity contribution < 1.29 is 4.79 Å². The molecular formula is C24H22BrN3O. The third-order valence-electron chi connectivity index (χ3n) is 4.92. The summed E-state index contributed by atoms with van der Waals surface area (Å²) < 4.78 is 3.13. The lowest BCUT2D eigenvalue weighted by molar-refractivity contribution is 0.0954. The van der Waals surface area contributed by atoms with Crippen LogP contribution >= 0.6 is 15.9 Å². The standard InChI is InChI=1S/C24H22BrN3O/c1-17-9-11-18(12-10-17)16-28-22-8-3-2-7-21(22)27-23(28)13-14-26-24(29)19-5-4-6-20(25)15-19/h2-12,15H,13-14,16H2,1H3,(H,26,29). The van der Waals surface area contributed by atoms with Crippen molar-refractivity contribution in [3.05, 3.63) is 99.8 Å². The lowest BCUT2D eigenvalue weighted by atomic mass is 10.1. The Hall–Kier alpha value is -2.92. The van der Waals surface area contributed by atoms with Gasteiger partial charge in [-0.2, -0.15) is 0 Å². The molecule has 4 nitrogen and oxygen atoms in total. The number of halogens is 1. The van der Waals surface area contributed by atoms with Crippen LogP contribution in [0.15, 0.2) is 77.3 Å². The zero-order chi connectivity index (χ0) is 20.2. The van der Waals surface area contributed by atoms with Crippen molar-refractivity contribution in [3.63, 3.8) is 0 Å². The smallest absolute Gasteiger partial charge is 0.251 e. The molecule has 0 atom stereocenters. The number of nitrogens with zero attached hydrogens (tertiary/aromatic N) is 2. The molecule has 29 heavy (non-hydrogen) atoms. The van der Waals surface area contributed by atoms with Crippen LogP contribution in [0.5, 0.6) is 0 Å². The summed E-state index contributed by atoms with van der Waals surface area (Å²) in [5.74, 6) is 0.897. The number of nitrogens with one attached hydrogen (secondary N) is 1. The lowest BCUT2D eigenvalue weighted by Crippen LogP contribution is -2.26. The van der Waals surface area contributed by atoms with Gasteiger partial charge in [0.1, 0.15) is 5.82 Å². The van der Waals surface area contributed by atoms with E-state index >= 15 is 0 Å². The van der Waals surface area contributed by atoms with E-state index in [0.717, 1.165) is 27.9 Å². The molecule has 1 heterocycles. The molecule has 1 aromatic heterocycles. The maximum Gasteiger partial charge on any atom is 0.251 e. The Balaban J connectivity index is 1.52.